The summed E-state index contributed by atoms with van der Waals surface area (Å²) < 4.78 is 18.8. The fourth-order valence-electron chi connectivity index (χ4n) is 5.64. The smallest absolute Gasteiger partial charge is 0.180 e. The van der Waals surface area contributed by atoms with Crippen molar-refractivity contribution in [2.75, 3.05) is 13.2 Å². The van der Waals surface area contributed by atoms with E-state index in [4.69, 9.17) is 14.2 Å². The molecule has 30 heavy (non-hydrogen) atoms. The second-order valence-electron chi connectivity index (χ2n) is 8.83. The fraction of sp³-hybridized carbons (Fsp3) is 0.462. The van der Waals surface area contributed by atoms with Crippen LogP contribution in [-0.2, 0) is 27.4 Å². The average molecular weight is 406 g/mol. The lowest BCUT2D eigenvalue weighted by Gasteiger charge is -2.55. The molecule has 0 amide bonds. The van der Waals surface area contributed by atoms with Crippen molar-refractivity contribution in [1.82, 2.24) is 4.90 Å². The van der Waals surface area contributed by atoms with Crippen LogP contribution in [0.5, 0.6) is 0 Å². The normalized spacial score (nSPS) is 33.9. The van der Waals surface area contributed by atoms with Gasteiger partial charge in [0, 0.05) is 24.4 Å². The molecule has 0 aliphatic carbocycles. The Morgan fingerprint density at radius 2 is 1.57 bits per heavy atom. The highest BCUT2D eigenvalue weighted by atomic mass is 16.7. The van der Waals surface area contributed by atoms with Gasteiger partial charge in [-0.1, -0.05) is 86.7 Å². The van der Waals surface area contributed by atoms with Crippen LogP contribution in [0.1, 0.15) is 25.0 Å². The number of fused-ring (bicyclic) bond motifs is 2. The lowest BCUT2D eigenvalue weighted by Crippen LogP contribution is -2.68. The van der Waals surface area contributed by atoms with E-state index in [1.807, 2.05) is 6.07 Å². The van der Waals surface area contributed by atoms with Gasteiger partial charge >= 0.3 is 0 Å². The molecule has 4 heteroatoms. The highest BCUT2D eigenvalue weighted by molar-refractivity contribution is 5.30. The average Bonchev–Trinajstić information content (AvgIpc) is 3.42. The van der Waals surface area contributed by atoms with E-state index in [0.717, 1.165) is 6.54 Å². The van der Waals surface area contributed by atoms with Gasteiger partial charge in [0.05, 0.1) is 31.5 Å². The topological polar surface area (TPSA) is 30.9 Å². The largest absolute Gasteiger partial charge is 0.373 e. The maximum absolute atomic E-state index is 6.58. The van der Waals surface area contributed by atoms with Crippen LogP contribution in [-0.4, -0.2) is 42.1 Å². The summed E-state index contributed by atoms with van der Waals surface area (Å²) in [5.41, 5.74) is 2.22. The third-order valence-electron chi connectivity index (χ3n) is 7.18. The Kier molecular flexibility index (Phi) is 5.50. The van der Waals surface area contributed by atoms with Crippen LogP contribution in [0.4, 0.5) is 0 Å². The second kappa shape index (κ2) is 8.27. The monoisotopic (exact) mass is 405 g/mol. The molecule has 2 aromatic rings. The first-order valence-electron chi connectivity index (χ1n) is 11.1. The molecule has 0 saturated carbocycles. The van der Waals surface area contributed by atoms with Crippen LogP contribution < -0.4 is 0 Å². The summed E-state index contributed by atoms with van der Waals surface area (Å²) in [7, 11) is 0. The first kappa shape index (κ1) is 20.0. The molecule has 4 nitrogen and oxygen atoms in total. The summed E-state index contributed by atoms with van der Waals surface area (Å²) >= 11 is 0. The molecule has 158 valence electrons. The molecule has 2 fully saturated rings. The molecule has 3 aliphatic rings. The standard InChI is InChI=1S/C26H31NO3/c1-19-23-13-14-26(25-28-15-16-29-25,27(23)17-21-9-5-3-6-10-21)20(2)24(19)30-18-22-11-7-4-8-12-22/h3-14,19-20,23-25H,15-18H2,1-2H3/t19-,20-,23+,24-,26-/m0/s1. The zero-order valence-electron chi connectivity index (χ0n) is 17.8. The summed E-state index contributed by atoms with van der Waals surface area (Å²) in [6.07, 6.45) is 4.59. The Morgan fingerprint density at radius 1 is 0.933 bits per heavy atom. The zero-order valence-corrected chi connectivity index (χ0v) is 17.8. The predicted molar refractivity (Wildman–Crippen MR) is 117 cm³/mol. The molecule has 5 atom stereocenters. The van der Waals surface area contributed by atoms with E-state index in [1.165, 1.54) is 11.1 Å². The van der Waals surface area contributed by atoms with Gasteiger partial charge in [-0.05, 0) is 11.1 Å². The Morgan fingerprint density at radius 3 is 2.23 bits per heavy atom. The highest BCUT2D eigenvalue weighted by Crippen LogP contribution is 2.51. The summed E-state index contributed by atoms with van der Waals surface area (Å²) in [6.45, 7) is 7.45. The van der Waals surface area contributed by atoms with Gasteiger partial charge in [0.25, 0.3) is 0 Å². The van der Waals surface area contributed by atoms with E-state index in [1.54, 1.807) is 0 Å². The minimum absolute atomic E-state index is 0.130. The lowest BCUT2D eigenvalue weighted by atomic mass is 9.72. The van der Waals surface area contributed by atoms with Crippen molar-refractivity contribution < 1.29 is 14.2 Å². The van der Waals surface area contributed by atoms with Crippen molar-refractivity contribution in [2.24, 2.45) is 11.8 Å². The summed E-state index contributed by atoms with van der Waals surface area (Å²) in [4.78, 5) is 2.59. The van der Waals surface area contributed by atoms with E-state index in [2.05, 4.69) is 85.5 Å². The van der Waals surface area contributed by atoms with Gasteiger partial charge in [0.1, 0.15) is 0 Å². The summed E-state index contributed by atoms with van der Waals surface area (Å²) in [5.74, 6) is 0.610. The zero-order chi connectivity index (χ0) is 20.6. The molecule has 0 unspecified atom stereocenters. The van der Waals surface area contributed by atoms with Gasteiger partial charge in [-0.15, -0.1) is 0 Å². The van der Waals surface area contributed by atoms with Crippen LogP contribution in [0.15, 0.2) is 72.8 Å². The van der Waals surface area contributed by atoms with Gasteiger partial charge < -0.3 is 14.2 Å². The maximum atomic E-state index is 6.58. The van der Waals surface area contributed by atoms with Crippen LogP contribution in [0, 0.1) is 11.8 Å². The molecule has 0 N–H and O–H groups in total. The minimum atomic E-state index is -0.315. The Hall–Kier alpha value is -1.98. The van der Waals surface area contributed by atoms with E-state index < -0.39 is 0 Å². The van der Waals surface area contributed by atoms with E-state index in [0.29, 0.717) is 31.8 Å². The number of nitrogens with zero attached hydrogens (tertiary/aromatic N) is 1. The second-order valence-corrected chi connectivity index (χ2v) is 8.83. The van der Waals surface area contributed by atoms with E-state index >= 15 is 0 Å². The van der Waals surface area contributed by atoms with Crippen LogP contribution >= 0.6 is 0 Å². The number of hydrogen-bond donors (Lipinski definition) is 0. The first-order valence-corrected chi connectivity index (χ1v) is 11.1. The number of ether oxygens (including phenoxy) is 3. The van der Waals surface area contributed by atoms with Crippen molar-refractivity contribution in [2.45, 2.75) is 51.0 Å². The van der Waals surface area contributed by atoms with Crippen molar-refractivity contribution in [3.05, 3.63) is 83.9 Å². The van der Waals surface area contributed by atoms with Crippen LogP contribution in [0.25, 0.3) is 0 Å². The molecule has 0 aromatic heterocycles. The van der Waals surface area contributed by atoms with Gasteiger partial charge in [0.15, 0.2) is 6.29 Å². The number of hydrogen-bond acceptors (Lipinski definition) is 4. The molecular weight excluding hydrogens is 374 g/mol. The number of benzene rings is 2. The number of rotatable bonds is 6. The van der Waals surface area contributed by atoms with Gasteiger partial charge in [-0.25, -0.2) is 0 Å². The minimum Gasteiger partial charge on any atom is -0.373 e. The summed E-state index contributed by atoms with van der Waals surface area (Å²) in [6, 6.07) is 21.5. The van der Waals surface area contributed by atoms with Crippen molar-refractivity contribution in [3.63, 3.8) is 0 Å². The van der Waals surface area contributed by atoms with Gasteiger partial charge in [-0.2, -0.15) is 0 Å². The fourth-order valence-corrected chi connectivity index (χ4v) is 5.64. The molecular formula is C26H31NO3. The SMILES string of the molecule is C[C@@H]1[C@H](OCc2ccccc2)[C@H](C)[C@]2(C3OCCO3)C=C[C@H]1N2Cc1ccccc1. The number of piperidine rings is 1. The Labute approximate surface area is 179 Å². The van der Waals surface area contributed by atoms with Gasteiger partial charge in [0.2, 0.25) is 0 Å². The molecule has 2 saturated heterocycles. The third kappa shape index (κ3) is 3.32. The molecule has 3 heterocycles. The maximum Gasteiger partial charge on any atom is 0.180 e. The Bertz CT molecular complexity index is 864. The van der Waals surface area contributed by atoms with Gasteiger partial charge in [-0.3, -0.25) is 4.90 Å². The molecule has 0 spiro atoms. The van der Waals surface area contributed by atoms with E-state index in [9.17, 15) is 0 Å². The summed E-state index contributed by atoms with van der Waals surface area (Å²) in [5, 5.41) is 0. The molecule has 2 bridgehead atoms. The molecule has 2 aromatic carbocycles. The Balaban J connectivity index is 1.44. The molecule has 0 radical (unpaired) electrons. The van der Waals surface area contributed by atoms with Crippen LogP contribution in [0.2, 0.25) is 0 Å². The van der Waals surface area contributed by atoms with Crippen LogP contribution in [0.3, 0.4) is 0 Å². The third-order valence-corrected chi connectivity index (χ3v) is 7.18. The van der Waals surface area contributed by atoms with Crippen molar-refractivity contribution in [3.8, 4) is 0 Å². The lowest BCUT2D eigenvalue weighted by molar-refractivity contribution is -0.209. The quantitative estimate of drug-likeness (QED) is 0.666. The predicted octanol–water partition coefficient (Wildman–Crippen LogP) is 4.41. The van der Waals surface area contributed by atoms with Crippen molar-refractivity contribution in [1.29, 1.82) is 0 Å². The van der Waals surface area contributed by atoms with Crippen molar-refractivity contribution >= 4 is 0 Å². The highest BCUT2D eigenvalue weighted by Gasteiger charge is 2.61. The first-order chi connectivity index (χ1) is 14.7. The molecule has 5 rings (SSSR count). The molecule has 3 aliphatic heterocycles. The van der Waals surface area contributed by atoms with E-state index in [-0.39, 0.29) is 23.9 Å².